The Hall–Kier alpha value is -3.55. The summed E-state index contributed by atoms with van der Waals surface area (Å²) in [5.41, 5.74) is 7.51. The summed E-state index contributed by atoms with van der Waals surface area (Å²) in [5.74, 6) is 1.19. The van der Waals surface area contributed by atoms with Crippen molar-refractivity contribution < 1.29 is 9.53 Å². The van der Waals surface area contributed by atoms with E-state index in [9.17, 15) is 4.79 Å². The molecule has 2 aromatic rings. The average molecular weight is 409 g/mol. The second-order valence-corrected chi connectivity index (χ2v) is 7.31. The van der Waals surface area contributed by atoms with Crippen LogP contribution < -0.4 is 21.1 Å². The van der Waals surface area contributed by atoms with Crippen LogP contribution in [0.25, 0.3) is 0 Å². The minimum atomic E-state index is -0.175. The molecule has 1 aliphatic heterocycles. The number of nitrogens with zero attached hydrogens (tertiary/aromatic N) is 1. The van der Waals surface area contributed by atoms with Gasteiger partial charge in [-0.05, 0) is 43.3 Å². The van der Waals surface area contributed by atoms with Gasteiger partial charge in [0.2, 0.25) is 5.91 Å². The van der Waals surface area contributed by atoms with Crippen molar-refractivity contribution in [2.75, 3.05) is 30.3 Å². The van der Waals surface area contributed by atoms with Crippen LogP contribution in [-0.4, -0.2) is 48.2 Å². The van der Waals surface area contributed by atoms with Gasteiger partial charge in [-0.25, -0.2) is 0 Å². The van der Waals surface area contributed by atoms with Gasteiger partial charge < -0.3 is 26.0 Å². The Balaban J connectivity index is 1.45. The minimum absolute atomic E-state index is 0.0131. The van der Waals surface area contributed by atoms with Crippen LogP contribution >= 0.6 is 0 Å². The molecule has 0 atom stereocenters. The Bertz CT molecular complexity index is 904. The minimum Gasteiger partial charge on any atom is -0.490 e. The van der Waals surface area contributed by atoms with Crippen molar-refractivity contribution >= 4 is 29.0 Å². The van der Waals surface area contributed by atoms with E-state index in [1.807, 2.05) is 37.3 Å². The molecule has 6 N–H and O–H groups in total. The van der Waals surface area contributed by atoms with Gasteiger partial charge in [0, 0.05) is 42.9 Å². The van der Waals surface area contributed by atoms with E-state index in [-0.39, 0.29) is 24.4 Å². The number of nitrogens with one attached hydrogen (secondary N) is 4. The third-order valence-electron chi connectivity index (χ3n) is 4.98. The number of ether oxygens (including phenoxy) is 1. The van der Waals surface area contributed by atoms with Crippen molar-refractivity contribution in [3.05, 3.63) is 54.1 Å². The smallest absolute Gasteiger partial charge is 0.243 e. The number of rotatable bonds is 7. The van der Waals surface area contributed by atoms with Crippen molar-refractivity contribution in [3.8, 4) is 5.75 Å². The lowest BCUT2D eigenvalue weighted by Gasteiger charge is -2.32. The van der Waals surface area contributed by atoms with Gasteiger partial charge in [0.15, 0.2) is 0 Å². The van der Waals surface area contributed by atoms with Crippen molar-refractivity contribution in [2.45, 2.75) is 25.9 Å². The first-order valence-electron chi connectivity index (χ1n) is 9.96. The van der Waals surface area contributed by atoms with E-state index in [2.05, 4.69) is 15.5 Å². The van der Waals surface area contributed by atoms with E-state index in [1.165, 1.54) is 0 Å². The van der Waals surface area contributed by atoms with Gasteiger partial charge in [-0.3, -0.25) is 15.6 Å². The number of carbonyl (C=O) groups is 1. The number of likely N-dealkylation sites (tertiary alicyclic amines) is 1. The van der Waals surface area contributed by atoms with Crippen molar-refractivity contribution in [2.24, 2.45) is 5.73 Å². The zero-order chi connectivity index (χ0) is 21.5. The number of hydrogen-bond acceptors (Lipinski definition) is 5. The maximum Gasteiger partial charge on any atom is 0.243 e. The summed E-state index contributed by atoms with van der Waals surface area (Å²) in [6.45, 7) is 3.60. The molecule has 0 aromatic heterocycles. The molecule has 158 valence electrons. The summed E-state index contributed by atoms with van der Waals surface area (Å²) in [4.78, 5) is 14.3. The van der Waals surface area contributed by atoms with E-state index >= 15 is 0 Å². The van der Waals surface area contributed by atoms with Gasteiger partial charge in [0.25, 0.3) is 0 Å². The molecule has 30 heavy (non-hydrogen) atoms. The fraction of sp³-hybridized carbons (Fsp3) is 0.318. The molecule has 1 saturated heterocycles. The molecule has 3 rings (SSSR count). The quantitative estimate of drug-likeness (QED) is 0.356. The number of piperidine rings is 1. The van der Waals surface area contributed by atoms with Crippen LogP contribution in [0.4, 0.5) is 11.4 Å². The Morgan fingerprint density at radius 1 is 1.13 bits per heavy atom. The lowest BCUT2D eigenvalue weighted by atomic mass is 10.1. The van der Waals surface area contributed by atoms with Crippen LogP contribution in [0.5, 0.6) is 5.75 Å². The molecule has 1 heterocycles. The summed E-state index contributed by atoms with van der Waals surface area (Å²) in [6.07, 6.45) is 1.94. The van der Waals surface area contributed by atoms with Crippen LogP contribution in [0.15, 0.2) is 48.5 Å². The number of amides is 1. The summed E-state index contributed by atoms with van der Waals surface area (Å²) < 4.78 is 6.03. The highest BCUT2D eigenvalue weighted by Crippen LogP contribution is 2.21. The summed E-state index contributed by atoms with van der Waals surface area (Å²) in [5, 5.41) is 21.0. The van der Waals surface area contributed by atoms with Crippen LogP contribution in [0, 0.1) is 10.8 Å². The van der Waals surface area contributed by atoms with Crippen LogP contribution in [0.3, 0.4) is 0 Å². The predicted octanol–water partition coefficient (Wildman–Crippen LogP) is 2.86. The number of benzene rings is 2. The van der Waals surface area contributed by atoms with E-state index in [1.54, 1.807) is 18.2 Å². The van der Waals surface area contributed by atoms with Crippen molar-refractivity contribution in [1.82, 2.24) is 4.90 Å². The molecular weight excluding hydrogens is 380 g/mol. The number of hydrogen-bond donors (Lipinski definition) is 5. The number of nitrogen functional groups attached to an aromatic ring is 1. The number of nitrogens with two attached hydrogens (primary N) is 1. The molecule has 1 fully saturated rings. The molecule has 0 aliphatic carbocycles. The van der Waals surface area contributed by atoms with E-state index in [0.29, 0.717) is 17.1 Å². The summed E-state index contributed by atoms with van der Waals surface area (Å²) in [6, 6.07) is 14.4. The zero-order valence-electron chi connectivity index (χ0n) is 17.1. The second-order valence-electron chi connectivity index (χ2n) is 7.31. The molecule has 0 saturated carbocycles. The monoisotopic (exact) mass is 408 g/mol. The summed E-state index contributed by atoms with van der Waals surface area (Å²) >= 11 is 0. The highest BCUT2D eigenvalue weighted by Gasteiger charge is 2.20. The Morgan fingerprint density at radius 3 is 2.47 bits per heavy atom. The highest BCUT2D eigenvalue weighted by molar-refractivity contribution is 5.96. The molecule has 2 aromatic carbocycles. The van der Waals surface area contributed by atoms with Gasteiger partial charge in [-0.2, -0.15) is 0 Å². The topological polar surface area (TPSA) is 127 Å². The lowest BCUT2D eigenvalue weighted by Crippen LogP contribution is -2.40. The Morgan fingerprint density at radius 2 is 1.83 bits per heavy atom. The third-order valence-corrected chi connectivity index (χ3v) is 4.98. The number of amidine groups is 2. The molecule has 8 heteroatoms. The van der Waals surface area contributed by atoms with Crippen molar-refractivity contribution in [3.63, 3.8) is 0 Å². The standard InChI is InChI=1S/C22H28N6O2/c1-15(23)28-11-9-20(10-12-28)30-19-7-5-17(6-8-19)27-21(29)14-26-18-4-2-3-16(13-18)22(24)25/h2-8,13,20,23,26H,9-12,14H2,1H3,(H3,24,25)(H,27,29). The van der Waals surface area contributed by atoms with Crippen LogP contribution in [-0.2, 0) is 4.79 Å². The maximum absolute atomic E-state index is 12.2. The van der Waals surface area contributed by atoms with Gasteiger partial charge >= 0.3 is 0 Å². The van der Waals surface area contributed by atoms with Gasteiger partial charge in [-0.1, -0.05) is 12.1 Å². The highest BCUT2D eigenvalue weighted by atomic mass is 16.5. The first-order chi connectivity index (χ1) is 14.4. The van der Waals surface area contributed by atoms with Crippen LogP contribution in [0.1, 0.15) is 25.3 Å². The summed E-state index contributed by atoms with van der Waals surface area (Å²) in [7, 11) is 0. The van der Waals surface area contributed by atoms with E-state index in [0.717, 1.165) is 37.4 Å². The SMILES string of the molecule is CC(=N)N1CCC(Oc2ccc(NC(=O)CNc3cccc(C(=N)N)c3)cc2)CC1. The lowest BCUT2D eigenvalue weighted by molar-refractivity contribution is -0.114. The molecule has 0 radical (unpaired) electrons. The predicted molar refractivity (Wildman–Crippen MR) is 120 cm³/mol. The third kappa shape index (κ3) is 5.97. The fourth-order valence-electron chi connectivity index (χ4n) is 3.30. The average Bonchev–Trinajstić information content (AvgIpc) is 2.74. The largest absolute Gasteiger partial charge is 0.490 e. The normalized spacial score (nSPS) is 14.1. The molecule has 1 aliphatic rings. The molecular formula is C22H28N6O2. The Labute approximate surface area is 176 Å². The van der Waals surface area contributed by atoms with E-state index < -0.39 is 0 Å². The zero-order valence-corrected chi connectivity index (χ0v) is 17.1. The molecule has 1 amide bonds. The number of anilines is 2. The fourth-order valence-corrected chi connectivity index (χ4v) is 3.30. The maximum atomic E-state index is 12.2. The van der Waals surface area contributed by atoms with Crippen molar-refractivity contribution in [1.29, 1.82) is 10.8 Å². The first-order valence-corrected chi connectivity index (χ1v) is 9.96. The van der Waals surface area contributed by atoms with Gasteiger partial charge in [0.05, 0.1) is 12.4 Å². The number of carbonyl (C=O) groups excluding carboxylic acids is 1. The van der Waals surface area contributed by atoms with Crippen LogP contribution in [0.2, 0.25) is 0 Å². The first kappa shape index (κ1) is 21.2. The second kappa shape index (κ2) is 9.78. The van der Waals surface area contributed by atoms with Gasteiger partial charge in [-0.15, -0.1) is 0 Å². The molecule has 0 unspecified atom stereocenters. The molecule has 0 spiro atoms. The van der Waals surface area contributed by atoms with E-state index in [4.69, 9.17) is 21.3 Å². The Kier molecular flexibility index (Phi) is 6.90. The molecule has 0 bridgehead atoms. The molecule has 8 nitrogen and oxygen atoms in total. The van der Waals surface area contributed by atoms with Gasteiger partial charge in [0.1, 0.15) is 17.7 Å².